The van der Waals surface area contributed by atoms with Gasteiger partial charge in [-0.25, -0.2) is 0 Å². The van der Waals surface area contributed by atoms with Gasteiger partial charge in [0.1, 0.15) is 0 Å². The van der Waals surface area contributed by atoms with Gasteiger partial charge in [-0.1, -0.05) is 11.6 Å². The average Bonchev–Trinajstić information content (AvgIpc) is 1.98. The predicted molar refractivity (Wildman–Crippen MR) is 41.9 cm³/mol. The van der Waals surface area contributed by atoms with E-state index in [1.807, 2.05) is 19.1 Å². The molecule has 3 heteroatoms. The number of aryl methyl sites for hydroxylation is 1. The molecule has 66 valence electrons. The maximum Gasteiger partial charge on any atom is 1.00 e. The molecule has 0 spiro atoms. The first-order chi connectivity index (χ1) is 5.24. The molecule has 0 aromatic heterocycles. The van der Waals surface area contributed by atoms with E-state index in [4.69, 9.17) is 5.26 Å². The van der Waals surface area contributed by atoms with Gasteiger partial charge in [-0.05, 0) is 6.92 Å². The van der Waals surface area contributed by atoms with Gasteiger partial charge in [0.15, 0.2) is 0 Å². The molecule has 1 aromatic carbocycles. The maximum atomic E-state index is 8.24. The molecular weight excluding hydrogens is 335 g/mol. The Bertz CT molecular complexity index is 304. The van der Waals surface area contributed by atoms with Gasteiger partial charge in [-0.3, -0.25) is 0 Å². The molecule has 0 fully saturated rings. The fraction of sp³-hybridized carbons (Fsp3) is 0.111. The molecule has 0 heterocycles. The molecule has 0 N–H and O–H groups in total. The molecule has 1 aromatic rings. The molecule has 0 atom stereocenters. The monoisotopic (exact) mass is 343 g/mol. The molecular formula is C9H8AuNO. The van der Waals surface area contributed by atoms with Gasteiger partial charge in [0.05, 0.1) is 0 Å². The van der Waals surface area contributed by atoms with E-state index in [9.17, 15) is 0 Å². The van der Waals surface area contributed by atoms with Crippen molar-refractivity contribution in [3.8, 4) is 12.0 Å². The van der Waals surface area contributed by atoms with E-state index >= 15 is 0 Å². The van der Waals surface area contributed by atoms with E-state index in [-0.39, 0.29) is 22.4 Å². The third-order valence-electron chi connectivity index (χ3n) is 1.38. The van der Waals surface area contributed by atoms with E-state index in [0.717, 1.165) is 11.1 Å². The SMILES string of the molecule is [Au+].[CH2-]c1ccc(C)cc1OC#N. The van der Waals surface area contributed by atoms with Crippen LogP contribution in [0.1, 0.15) is 11.1 Å². The molecule has 0 amide bonds. The Kier molecular flexibility index (Phi) is 4.53. The summed E-state index contributed by atoms with van der Waals surface area (Å²) < 4.78 is 4.66. The van der Waals surface area contributed by atoms with E-state index in [1.165, 1.54) is 0 Å². The fourth-order valence-electron chi connectivity index (χ4n) is 0.806. The van der Waals surface area contributed by atoms with Crippen molar-refractivity contribution in [2.24, 2.45) is 0 Å². The first-order valence-electron chi connectivity index (χ1n) is 3.22. The van der Waals surface area contributed by atoms with Crippen molar-refractivity contribution in [1.29, 1.82) is 5.26 Å². The van der Waals surface area contributed by atoms with Gasteiger partial charge in [0.2, 0.25) is 0 Å². The van der Waals surface area contributed by atoms with Crippen molar-refractivity contribution in [2.45, 2.75) is 6.92 Å². The first kappa shape index (κ1) is 11.1. The smallest absolute Gasteiger partial charge is 0.451 e. The minimum atomic E-state index is 0. The zero-order valence-corrected chi connectivity index (χ0v) is 8.76. The fourth-order valence-corrected chi connectivity index (χ4v) is 0.806. The standard InChI is InChI=1S/C9H8NO.Au/c1-7-3-4-8(2)9(5-7)11-6-10;/h3-5H,2H2,1H3;/q-1;+1. The zero-order valence-electron chi connectivity index (χ0n) is 6.60. The molecule has 0 saturated carbocycles. The van der Waals surface area contributed by atoms with Crippen LogP contribution in [-0.4, -0.2) is 0 Å². The number of hydrogen-bond acceptors (Lipinski definition) is 2. The van der Waals surface area contributed by atoms with Crippen molar-refractivity contribution in [3.63, 3.8) is 0 Å². The Morgan fingerprint density at radius 2 is 2.17 bits per heavy atom. The summed E-state index contributed by atoms with van der Waals surface area (Å²) in [6.45, 7) is 5.64. The summed E-state index contributed by atoms with van der Waals surface area (Å²) >= 11 is 0. The van der Waals surface area contributed by atoms with Gasteiger partial charge < -0.3 is 4.74 Å². The number of hydrogen-bond donors (Lipinski definition) is 0. The van der Waals surface area contributed by atoms with Crippen LogP contribution in [0.2, 0.25) is 0 Å². The van der Waals surface area contributed by atoms with Crippen LogP contribution in [0.15, 0.2) is 18.2 Å². The number of rotatable bonds is 1. The molecule has 0 aliphatic heterocycles. The summed E-state index contributed by atoms with van der Waals surface area (Å²) in [6, 6.07) is 5.53. The molecule has 0 saturated heterocycles. The van der Waals surface area contributed by atoms with Gasteiger partial charge in [0.25, 0.3) is 6.26 Å². The van der Waals surface area contributed by atoms with E-state index in [0.29, 0.717) is 5.75 Å². The Morgan fingerprint density at radius 1 is 1.50 bits per heavy atom. The number of benzene rings is 1. The average molecular weight is 343 g/mol. The van der Waals surface area contributed by atoms with E-state index in [2.05, 4.69) is 11.7 Å². The van der Waals surface area contributed by atoms with Crippen molar-refractivity contribution >= 4 is 0 Å². The molecule has 0 unspecified atom stereocenters. The zero-order chi connectivity index (χ0) is 8.27. The van der Waals surface area contributed by atoms with Crippen LogP contribution in [-0.2, 0) is 22.4 Å². The third-order valence-corrected chi connectivity index (χ3v) is 1.38. The molecule has 0 aliphatic rings. The van der Waals surface area contributed by atoms with Crippen LogP contribution >= 0.6 is 0 Å². The Labute approximate surface area is 87.7 Å². The van der Waals surface area contributed by atoms with Crippen molar-refractivity contribution in [2.75, 3.05) is 0 Å². The van der Waals surface area contributed by atoms with Gasteiger partial charge >= 0.3 is 22.4 Å². The largest absolute Gasteiger partial charge is 1.00 e. The molecule has 1 rings (SSSR count). The summed E-state index contributed by atoms with van der Waals surface area (Å²) in [6.07, 6.45) is 1.61. The topological polar surface area (TPSA) is 33.0 Å². The molecule has 0 aliphatic carbocycles. The molecule has 12 heavy (non-hydrogen) atoms. The van der Waals surface area contributed by atoms with E-state index < -0.39 is 0 Å². The Balaban J connectivity index is 0.00000121. The normalized spacial score (nSPS) is 8.00. The Morgan fingerprint density at radius 3 is 2.75 bits per heavy atom. The molecule has 2 nitrogen and oxygen atoms in total. The number of nitriles is 1. The van der Waals surface area contributed by atoms with Crippen LogP contribution in [0.5, 0.6) is 5.75 Å². The predicted octanol–water partition coefficient (Wildman–Crippen LogP) is 2.03. The quantitative estimate of drug-likeness (QED) is 0.444. The summed E-state index contributed by atoms with van der Waals surface area (Å²) in [5.41, 5.74) is 1.79. The maximum absolute atomic E-state index is 8.24. The van der Waals surface area contributed by atoms with Crippen molar-refractivity contribution < 1.29 is 27.1 Å². The van der Waals surface area contributed by atoms with Crippen molar-refractivity contribution in [1.82, 2.24) is 0 Å². The van der Waals surface area contributed by atoms with Gasteiger partial charge in [0, 0.05) is 5.75 Å². The van der Waals surface area contributed by atoms with Gasteiger partial charge in [-0.2, -0.15) is 23.8 Å². The summed E-state index contributed by atoms with van der Waals surface area (Å²) in [4.78, 5) is 0. The van der Waals surface area contributed by atoms with Crippen LogP contribution in [0, 0.1) is 25.4 Å². The minimum absolute atomic E-state index is 0. The summed E-state index contributed by atoms with van der Waals surface area (Å²) in [5.74, 6) is 0.535. The third kappa shape index (κ3) is 2.63. The van der Waals surface area contributed by atoms with Crippen LogP contribution in [0.3, 0.4) is 0 Å². The first-order valence-corrected chi connectivity index (χ1v) is 3.22. The van der Waals surface area contributed by atoms with Crippen LogP contribution < -0.4 is 4.74 Å². The van der Waals surface area contributed by atoms with E-state index in [1.54, 1.807) is 12.3 Å². The Hall–Kier alpha value is -0.880. The second kappa shape index (κ2) is 4.89. The van der Waals surface area contributed by atoms with Crippen LogP contribution in [0.25, 0.3) is 0 Å². The number of ether oxygens (including phenoxy) is 1. The molecule has 0 radical (unpaired) electrons. The van der Waals surface area contributed by atoms with Gasteiger partial charge in [-0.15, -0.1) is 6.07 Å². The van der Waals surface area contributed by atoms with Crippen LogP contribution in [0.4, 0.5) is 0 Å². The minimum Gasteiger partial charge on any atom is -0.451 e. The second-order valence-corrected chi connectivity index (χ2v) is 2.30. The summed E-state index contributed by atoms with van der Waals surface area (Å²) in [7, 11) is 0. The molecule has 0 bridgehead atoms. The number of nitrogens with zero attached hydrogens (tertiary/aromatic N) is 1. The second-order valence-electron chi connectivity index (χ2n) is 2.30. The summed E-state index contributed by atoms with van der Waals surface area (Å²) in [5, 5.41) is 8.24. The van der Waals surface area contributed by atoms with Crippen molar-refractivity contribution in [3.05, 3.63) is 36.2 Å².